The number of nitrogens with zero attached hydrogens (tertiary/aromatic N) is 4. The van der Waals surface area contributed by atoms with Gasteiger partial charge >= 0.3 is 0 Å². The lowest BCUT2D eigenvalue weighted by Crippen LogP contribution is -2.28. The quantitative estimate of drug-likeness (QED) is 0.882. The fraction of sp³-hybridized carbons (Fsp3) is 0.737. The van der Waals surface area contributed by atoms with Crippen LogP contribution in [-0.4, -0.2) is 49.7 Å². The summed E-state index contributed by atoms with van der Waals surface area (Å²) in [6.45, 7) is 6.01. The molecule has 1 N–H and O–H groups in total. The molecule has 4 heterocycles. The van der Waals surface area contributed by atoms with E-state index >= 15 is 0 Å². The van der Waals surface area contributed by atoms with Gasteiger partial charge in [0.05, 0.1) is 12.4 Å². The number of nitrogens with one attached hydrogen (secondary N) is 1. The van der Waals surface area contributed by atoms with Gasteiger partial charge in [0.2, 0.25) is 0 Å². The zero-order chi connectivity index (χ0) is 18.6. The maximum atomic E-state index is 6.29. The number of fused-ring (bicyclic) bond motifs is 2. The second-order valence-electron chi connectivity index (χ2n) is 8.21. The summed E-state index contributed by atoms with van der Waals surface area (Å²) in [4.78, 5) is 13.5. The molecule has 3 aliphatic rings. The lowest BCUT2D eigenvalue weighted by Gasteiger charge is -2.24. The van der Waals surface area contributed by atoms with Crippen LogP contribution in [0.2, 0.25) is 0 Å². The van der Waals surface area contributed by atoms with Crippen molar-refractivity contribution in [2.45, 2.75) is 89.2 Å². The molecule has 2 unspecified atom stereocenters. The highest BCUT2D eigenvalue weighted by Crippen LogP contribution is 2.44. The lowest BCUT2D eigenvalue weighted by molar-refractivity contribution is -0.196. The van der Waals surface area contributed by atoms with Crippen LogP contribution in [0.5, 0.6) is 0 Å². The van der Waals surface area contributed by atoms with Crippen molar-refractivity contribution in [3.63, 3.8) is 0 Å². The molecule has 0 aromatic carbocycles. The SMILES string of the molecule is CC[C@H]1OC(n2cnc3c(NC4CCCC4)ncnc32)C2OC(C)(C)O[C@@H]21. The van der Waals surface area contributed by atoms with Gasteiger partial charge in [0.25, 0.3) is 0 Å². The minimum absolute atomic E-state index is 0.00264. The molecule has 4 atom stereocenters. The first-order valence-corrected chi connectivity index (χ1v) is 10.0. The first-order valence-electron chi connectivity index (χ1n) is 10.0. The van der Waals surface area contributed by atoms with Crippen LogP contribution in [-0.2, 0) is 14.2 Å². The van der Waals surface area contributed by atoms with Crippen LogP contribution in [0.4, 0.5) is 5.82 Å². The molecule has 5 rings (SSSR count). The molecule has 8 heteroatoms. The Hall–Kier alpha value is -1.77. The third-order valence-corrected chi connectivity index (χ3v) is 5.86. The van der Waals surface area contributed by atoms with E-state index in [1.807, 2.05) is 18.4 Å². The molecule has 2 saturated heterocycles. The van der Waals surface area contributed by atoms with Gasteiger partial charge in [0, 0.05) is 6.04 Å². The van der Waals surface area contributed by atoms with Crippen LogP contribution in [0, 0.1) is 0 Å². The molecule has 27 heavy (non-hydrogen) atoms. The minimum Gasteiger partial charge on any atom is -0.365 e. The van der Waals surface area contributed by atoms with E-state index in [1.54, 1.807) is 12.7 Å². The molecule has 1 saturated carbocycles. The van der Waals surface area contributed by atoms with E-state index < -0.39 is 5.79 Å². The Bertz CT molecular complexity index is 832. The van der Waals surface area contributed by atoms with E-state index in [1.165, 1.54) is 25.7 Å². The predicted molar refractivity (Wildman–Crippen MR) is 99.2 cm³/mol. The van der Waals surface area contributed by atoms with Crippen molar-refractivity contribution in [2.24, 2.45) is 0 Å². The Morgan fingerprint density at radius 3 is 2.70 bits per heavy atom. The average molecular weight is 373 g/mol. The average Bonchev–Trinajstić information content (AvgIpc) is 3.38. The second kappa shape index (κ2) is 6.39. The maximum absolute atomic E-state index is 6.29. The Morgan fingerprint density at radius 1 is 1.15 bits per heavy atom. The zero-order valence-corrected chi connectivity index (χ0v) is 16.1. The van der Waals surface area contributed by atoms with Gasteiger partial charge in [0.15, 0.2) is 29.0 Å². The molecule has 0 amide bonds. The molecule has 2 aromatic heterocycles. The second-order valence-corrected chi connectivity index (χ2v) is 8.21. The van der Waals surface area contributed by atoms with Crippen LogP contribution in [0.1, 0.15) is 59.1 Å². The summed E-state index contributed by atoms with van der Waals surface area (Å²) >= 11 is 0. The summed E-state index contributed by atoms with van der Waals surface area (Å²) < 4.78 is 20.5. The minimum atomic E-state index is -0.606. The summed E-state index contributed by atoms with van der Waals surface area (Å²) in [6, 6.07) is 0.470. The normalized spacial score (nSPS) is 33.0. The van der Waals surface area contributed by atoms with Crippen molar-refractivity contribution < 1.29 is 14.2 Å². The third-order valence-electron chi connectivity index (χ3n) is 5.86. The largest absolute Gasteiger partial charge is 0.365 e. The molecule has 2 aliphatic heterocycles. The number of anilines is 1. The topological polar surface area (TPSA) is 83.3 Å². The van der Waals surface area contributed by atoms with Crippen molar-refractivity contribution >= 4 is 17.0 Å². The first kappa shape index (κ1) is 17.3. The summed E-state index contributed by atoms with van der Waals surface area (Å²) in [6.07, 6.45) is 8.58. The van der Waals surface area contributed by atoms with Crippen molar-refractivity contribution in [2.75, 3.05) is 5.32 Å². The fourth-order valence-corrected chi connectivity index (χ4v) is 4.62. The summed E-state index contributed by atoms with van der Waals surface area (Å²) in [5, 5.41) is 3.54. The van der Waals surface area contributed by atoms with E-state index in [9.17, 15) is 0 Å². The van der Waals surface area contributed by atoms with Crippen LogP contribution >= 0.6 is 0 Å². The Morgan fingerprint density at radius 2 is 1.93 bits per heavy atom. The van der Waals surface area contributed by atoms with E-state index in [-0.39, 0.29) is 24.5 Å². The molecule has 146 valence electrons. The summed E-state index contributed by atoms with van der Waals surface area (Å²) in [5.74, 6) is 0.196. The Labute approximate surface area is 158 Å². The van der Waals surface area contributed by atoms with Crippen molar-refractivity contribution in [1.29, 1.82) is 0 Å². The zero-order valence-electron chi connectivity index (χ0n) is 16.1. The van der Waals surface area contributed by atoms with E-state index in [0.717, 1.165) is 23.4 Å². The number of rotatable bonds is 4. The van der Waals surface area contributed by atoms with Gasteiger partial charge < -0.3 is 19.5 Å². The first-order chi connectivity index (χ1) is 13.1. The summed E-state index contributed by atoms with van der Waals surface area (Å²) in [5.41, 5.74) is 1.54. The van der Waals surface area contributed by atoms with Crippen molar-refractivity contribution in [3.05, 3.63) is 12.7 Å². The highest BCUT2D eigenvalue weighted by molar-refractivity contribution is 5.82. The van der Waals surface area contributed by atoms with Gasteiger partial charge in [-0.1, -0.05) is 19.8 Å². The molecule has 3 fully saturated rings. The van der Waals surface area contributed by atoms with Gasteiger partial charge in [-0.25, -0.2) is 15.0 Å². The van der Waals surface area contributed by atoms with E-state index in [4.69, 9.17) is 14.2 Å². The van der Waals surface area contributed by atoms with Gasteiger partial charge in [-0.15, -0.1) is 0 Å². The third kappa shape index (κ3) is 2.90. The van der Waals surface area contributed by atoms with Gasteiger partial charge in [0.1, 0.15) is 18.5 Å². The highest BCUT2D eigenvalue weighted by atomic mass is 16.8. The van der Waals surface area contributed by atoms with E-state index in [2.05, 4.69) is 27.2 Å². The molecule has 8 nitrogen and oxygen atoms in total. The van der Waals surface area contributed by atoms with Crippen LogP contribution in [0.3, 0.4) is 0 Å². The van der Waals surface area contributed by atoms with E-state index in [0.29, 0.717) is 6.04 Å². The van der Waals surface area contributed by atoms with Crippen molar-refractivity contribution in [3.8, 4) is 0 Å². The van der Waals surface area contributed by atoms with Gasteiger partial charge in [-0.2, -0.15) is 0 Å². The van der Waals surface area contributed by atoms with Gasteiger partial charge in [-0.05, 0) is 33.1 Å². The lowest BCUT2D eigenvalue weighted by atomic mass is 10.1. The molecule has 2 aromatic rings. The number of imidazole rings is 1. The molecule has 0 radical (unpaired) electrons. The smallest absolute Gasteiger partial charge is 0.167 e. The van der Waals surface area contributed by atoms with Crippen LogP contribution in [0.25, 0.3) is 11.2 Å². The molecule has 0 spiro atoms. The number of hydrogen-bond acceptors (Lipinski definition) is 7. The van der Waals surface area contributed by atoms with Crippen LogP contribution in [0.15, 0.2) is 12.7 Å². The number of hydrogen-bond donors (Lipinski definition) is 1. The standard InChI is InChI=1S/C19H27N5O3/c1-4-12-14-15(27-19(2,3)26-14)18(25-12)24-10-22-13-16(20-9-21-17(13)24)23-11-7-5-6-8-11/h9-12,14-15,18H,4-8H2,1-3H3,(H,20,21,23)/t12-,14-,15?,18?/m1/s1. The van der Waals surface area contributed by atoms with Crippen molar-refractivity contribution in [1.82, 2.24) is 19.5 Å². The van der Waals surface area contributed by atoms with Gasteiger partial charge in [-0.3, -0.25) is 4.57 Å². The predicted octanol–water partition coefficient (Wildman–Crippen LogP) is 3.01. The fourth-order valence-electron chi connectivity index (χ4n) is 4.62. The highest BCUT2D eigenvalue weighted by Gasteiger charge is 2.55. The molecular formula is C19H27N5O3. The summed E-state index contributed by atoms with van der Waals surface area (Å²) in [7, 11) is 0. The monoisotopic (exact) mass is 373 g/mol. The molecular weight excluding hydrogens is 346 g/mol. The van der Waals surface area contributed by atoms with Crippen LogP contribution < -0.4 is 5.32 Å². The molecule has 0 bridgehead atoms. The Kier molecular flexibility index (Phi) is 4.10. The Balaban J connectivity index is 1.48. The number of ether oxygens (including phenoxy) is 3. The molecule has 1 aliphatic carbocycles. The maximum Gasteiger partial charge on any atom is 0.167 e. The number of aromatic nitrogens is 4.